The molecule has 0 bridgehead atoms. The summed E-state index contributed by atoms with van der Waals surface area (Å²) in [6.07, 6.45) is 2.95. The molecular formula is C15H32N2O2S. The van der Waals surface area contributed by atoms with E-state index in [1.807, 2.05) is 0 Å². The molecule has 1 aliphatic heterocycles. The first kappa shape index (κ1) is 17.9. The van der Waals surface area contributed by atoms with Gasteiger partial charge in [-0.25, -0.2) is 8.42 Å². The maximum atomic E-state index is 11.6. The van der Waals surface area contributed by atoms with Crippen LogP contribution in [0, 0.1) is 0 Å². The summed E-state index contributed by atoms with van der Waals surface area (Å²) in [5.41, 5.74) is 0.295. The molecule has 5 heteroatoms. The van der Waals surface area contributed by atoms with Gasteiger partial charge in [0.15, 0.2) is 0 Å². The Morgan fingerprint density at radius 1 is 1.15 bits per heavy atom. The first-order chi connectivity index (χ1) is 9.20. The van der Waals surface area contributed by atoms with Gasteiger partial charge in [0.25, 0.3) is 0 Å². The first-order valence-electron chi connectivity index (χ1n) is 7.91. The third-order valence-corrected chi connectivity index (χ3v) is 6.58. The Balaban J connectivity index is 2.70. The highest BCUT2D eigenvalue weighted by atomic mass is 32.2. The van der Waals surface area contributed by atoms with Gasteiger partial charge >= 0.3 is 0 Å². The van der Waals surface area contributed by atoms with Gasteiger partial charge in [0, 0.05) is 29.9 Å². The number of nitrogens with zero attached hydrogens (tertiary/aromatic N) is 1. The van der Waals surface area contributed by atoms with Crippen molar-refractivity contribution in [2.24, 2.45) is 0 Å². The smallest absolute Gasteiger partial charge is 0.150 e. The van der Waals surface area contributed by atoms with Crippen molar-refractivity contribution in [1.82, 2.24) is 10.2 Å². The fourth-order valence-corrected chi connectivity index (χ4v) is 3.96. The average molecular weight is 305 g/mol. The summed E-state index contributed by atoms with van der Waals surface area (Å²) < 4.78 is 23.3. The molecule has 120 valence electrons. The van der Waals surface area contributed by atoms with Crippen LogP contribution in [0.2, 0.25) is 0 Å². The van der Waals surface area contributed by atoms with E-state index in [2.05, 4.69) is 37.9 Å². The van der Waals surface area contributed by atoms with Crippen LogP contribution in [0.15, 0.2) is 0 Å². The van der Waals surface area contributed by atoms with Crippen molar-refractivity contribution in [3.8, 4) is 0 Å². The van der Waals surface area contributed by atoms with Gasteiger partial charge in [0.1, 0.15) is 9.84 Å². The third-order valence-electron chi connectivity index (χ3n) is 4.79. The molecule has 0 aromatic carbocycles. The minimum absolute atomic E-state index is 0.109. The maximum absolute atomic E-state index is 11.6. The lowest BCUT2D eigenvalue weighted by Gasteiger charge is -2.52. The van der Waals surface area contributed by atoms with E-state index >= 15 is 0 Å². The molecule has 1 saturated heterocycles. The highest BCUT2D eigenvalue weighted by Gasteiger charge is 2.41. The summed E-state index contributed by atoms with van der Waals surface area (Å²) in [5, 5.41) is 3.64. The lowest BCUT2D eigenvalue weighted by molar-refractivity contribution is 0.00930. The molecule has 1 N–H and O–H groups in total. The van der Waals surface area contributed by atoms with E-state index < -0.39 is 9.84 Å². The number of rotatable bonds is 7. The number of hydrogen-bond acceptors (Lipinski definition) is 4. The van der Waals surface area contributed by atoms with Gasteiger partial charge in [-0.2, -0.15) is 0 Å². The molecule has 4 nitrogen and oxygen atoms in total. The molecule has 1 fully saturated rings. The zero-order valence-corrected chi connectivity index (χ0v) is 14.6. The summed E-state index contributed by atoms with van der Waals surface area (Å²) in [4.78, 5) is 2.52. The van der Waals surface area contributed by atoms with E-state index in [1.54, 1.807) is 6.92 Å². The van der Waals surface area contributed by atoms with Gasteiger partial charge in [-0.3, -0.25) is 4.90 Å². The first-order valence-corrected chi connectivity index (χ1v) is 9.73. The average Bonchev–Trinajstić information content (AvgIpc) is 2.39. The summed E-state index contributed by atoms with van der Waals surface area (Å²) in [6.45, 7) is 13.5. The van der Waals surface area contributed by atoms with Crippen LogP contribution in [0.3, 0.4) is 0 Å². The summed E-state index contributed by atoms with van der Waals surface area (Å²) in [5.74, 6) is 0.574. The van der Waals surface area contributed by atoms with Gasteiger partial charge < -0.3 is 5.32 Å². The molecule has 1 rings (SSSR count). The zero-order valence-electron chi connectivity index (χ0n) is 13.8. The predicted octanol–water partition coefficient (Wildman–Crippen LogP) is 2.05. The van der Waals surface area contributed by atoms with E-state index in [9.17, 15) is 8.42 Å². The quantitative estimate of drug-likeness (QED) is 0.782. The van der Waals surface area contributed by atoms with E-state index in [4.69, 9.17) is 0 Å². The second-order valence-electron chi connectivity index (χ2n) is 6.68. The Hall–Kier alpha value is -0.130. The van der Waals surface area contributed by atoms with Crippen LogP contribution in [0.25, 0.3) is 0 Å². The van der Waals surface area contributed by atoms with Crippen LogP contribution in [0.5, 0.6) is 0 Å². The Morgan fingerprint density at radius 3 is 2.25 bits per heavy atom. The Labute approximate surface area is 125 Å². The van der Waals surface area contributed by atoms with Gasteiger partial charge in [-0.1, -0.05) is 20.8 Å². The molecule has 0 spiro atoms. The van der Waals surface area contributed by atoms with Crippen molar-refractivity contribution in [3.63, 3.8) is 0 Å². The molecule has 1 heterocycles. The molecule has 0 aromatic heterocycles. The zero-order chi connectivity index (χ0) is 15.4. The SMILES string of the molecule is CCC1(CC)CNC(C)(C)CN1CCCS(=O)(=O)CC. The maximum Gasteiger partial charge on any atom is 0.150 e. The number of nitrogens with one attached hydrogen (secondary N) is 1. The molecule has 0 saturated carbocycles. The number of hydrogen-bond donors (Lipinski definition) is 1. The van der Waals surface area contributed by atoms with Crippen LogP contribution in [-0.4, -0.2) is 55.5 Å². The normalized spacial score (nSPS) is 22.9. The van der Waals surface area contributed by atoms with Crippen LogP contribution in [-0.2, 0) is 9.84 Å². The Morgan fingerprint density at radius 2 is 1.75 bits per heavy atom. The van der Waals surface area contributed by atoms with Crippen LogP contribution in [0.1, 0.15) is 53.9 Å². The van der Waals surface area contributed by atoms with Crippen LogP contribution < -0.4 is 5.32 Å². The van der Waals surface area contributed by atoms with E-state index in [1.165, 1.54) is 0 Å². The topological polar surface area (TPSA) is 49.4 Å². The van der Waals surface area contributed by atoms with Crippen molar-refractivity contribution < 1.29 is 8.42 Å². The van der Waals surface area contributed by atoms with Gasteiger partial charge in [-0.15, -0.1) is 0 Å². The minimum atomic E-state index is -2.84. The molecule has 0 unspecified atom stereocenters. The van der Waals surface area contributed by atoms with Crippen molar-refractivity contribution >= 4 is 9.84 Å². The van der Waals surface area contributed by atoms with E-state index in [-0.39, 0.29) is 16.8 Å². The van der Waals surface area contributed by atoms with Gasteiger partial charge in [0.05, 0.1) is 5.75 Å². The van der Waals surface area contributed by atoms with Crippen molar-refractivity contribution in [3.05, 3.63) is 0 Å². The molecule has 0 aliphatic carbocycles. The minimum Gasteiger partial charge on any atom is -0.309 e. The Kier molecular flexibility index (Phi) is 6.05. The van der Waals surface area contributed by atoms with Gasteiger partial charge in [0.2, 0.25) is 0 Å². The van der Waals surface area contributed by atoms with Gasteiger partial charge in [-0.05, 0) is 39.7 Å². The fourth-order valence-electron chi connectivity index (χ4n) is 3.10. The molecular weight excluding hydrogens is 272 g/mol. The molecule has 1 aliphatic rings. The highest BCUT2D eigenvalue weighted by molar-refractivity contribution is 7.91. The largest absolute Gasteiger partial charge is 0.309 e. The third kappa shape index (κ3) is 4.43. The Bertz CT molecular complexity index is 400. The summed E-state index contributed by atoms with van der Waals surface area (Å²) >= 11 is 0. The standard InChI is InChI=1S/C15H32N2O2S/c1-6-15(7-2)12-16-14(4,5)13-17(15)10-9-11-20(18,19)8-3/h16H,6-13H2,1-5H3. The van der Waals surface area contributed by atoms with Crippen molar-refractivity contribution in [2.75, 3.05) is 31.1 Å². The monoisotopic (exact) mass is 304 g/mol. The predicted molar refractivity (Wildman–Crippen MR) is 85.9 cm³/mol. The summed E-state index contributed by atoms with van der Waals surface area (Å²) in [6, 6.07) is 0. The lowest BCUT2D eigenvalue weighted by atomic mass is 9.84. The molecule has 0 amide bonds. The molecule has 20 heavy (non-hydrogen) atoms. The lowest BCUT2D eigenvalue weighted by Crippen LogP contribution is -2.68. The number of sulfone groups is 1. The van der Waals surface area contributed by atoms with Crippen LogP contribution >= 0.6 is 0 Å². The van der Waals surface area contributed by atoms with Crippen molar-refractivity contribution in [1.29, 1.82) is 0 Å². The van der Waals surface area contributed by atoms with Crippen LogP contribution in [0.4, 0.5) is 0 Å². The number of piperazine rings is 1. The second-order valence-corrected chi connectivity index (χ2v) is 9.15. The summed E-state index contributed by atoms with van der Waals surface area (Å²) in [7, 11) is -2.84. The van der Waals surface area contributed by atoms with E-state index in [0.717, 1.165) is 38.9 Å². The van der Waals surface area contributed by atoms with E-state index in [0.29, 0.717) is 5.75 Å². The molecule has 0 radical (unpaired) electrons. The molecule has 0 aromatic rings. The second kappa shape index (κ2) is 6.75. The van der Waals surface area contributed by atoms with Crippen molar-refractivity contribution in [2.45, 2.75) is 65.0 Å². The molecule has 0 atom stereocenters. The fraction of sp³-hybridized carbons (Fsp3) is 1.00. The highest BCUT2D eigenvalue weighted by Crippen LogP contribution is 2.30.